The minimum atomic E-state index is -2.00. The minimum Gasteiger partial charge on any atom is -0.508 e. The number of nitrogens with two attached hydrogens (primary N) is 4. The zero-order valence-corrected chi connectivity index (χ0v) is 41.1. The first-order valence-corrected chi connectivity index (χ1v) is 23.7. The molecule has 73 heavy (non-hydrogen) atoms. The van der Waals surface area contributed by atoms with Gasteiger partial charge in [0, 0.05) is 30.0 Å². The maximum atomic E-state index is 14.3. The van der Waals surface area contributed by atoms with Crippen LogP contribution < -0.4 is 60.3 Å². The molecule has 3 aromatic rings. The first kappa shape index (κ1) is 57.9. The Morgan fingerprint density at radius 2 is 1.38 bits per heavy atom. The molecule has 9 atom stereocenters. The highest BCUT2D eigenvalue weighted by Gasteiger charge is 2.40. The van der Waals surface area contributed by atoms with E-state index in [1.54, 1.807) is 31.2 Å². The van der Waals surface area contributed by atoms with Crippen LogP contribution in [0.25, 0.3) is 0 Å². The quantitative estimate of drug-likeness (QED) is 0.0505. The number of aromatic hydroxyl groups is 1. The smallest absolute Gasteiger partial charge is 0.259 e. The summed E-state index contributed by atoms with van der Waals surface area (Å²) in [5.41, 5.74) is 18.9. The van der Waals surface area contributed by atoms with Crippen LogP contribution in [0, 0.1) is 0 Å². The number of rotatable bonds is 16. The monoisotopic (exact) mass is 1030 g/mol. The normalized spacial score (nSPS) is 21.9. The molecule has 0 aliphatic carbocycles. The molecule has 2 unspecified atom stereocenters. The third-order valence-electron chi connectivity index (χ3n) is 11.7. The number of hydrogen-bond acceptors (Lipinski definition) is 14. The largest absolute Gasteiger partial charge is 0.508 e. The highest BCUT2D eigenvalue weighted by Crippen LogP contribution is 2.15. The molecule has 1 fully saturated rings. The summed E-state index contributed by atoms with van der Waals surface area (Å²) < 4.78 is 0. The van der Waals surface area contributed by atoms with Gasteiger partial charge < -0.3 is 64.6 Å². The van der Waals surface area contributed by atoms with Crippen LogP contribution in [0.15, 0.2) is 72.8 Å². The molecule has 24 nitrogen and oxygen atoms in total. The van der Waals surface area contributed by atoms with Crippen molar-refractivity contribution in [2.45, 2.75) is 120 Å². The van der Waals surface area contributed by atoms with Crippen molar-refractivity contribution in [3.63, 3.8) is 0 Å². The van der Waals surface area contributed by atoms with E-state index in [-0.39, 0.29) is 37.0 Å². The first-order valence-electron chi connectivity index (χ1n) is 23.3. The molecule has 1 heterocycles. The Morgan fingerprint density at radius 3 is 1.97 bits per heavy atom. The van der Waals surface area contributed by atoms with Crippen molar-refractivity contribution in [1.29, 1.82) is 0 Å². The summed E-state index contributed by atoms with van der Waals surface area (Å²) in [5, 5.41) is 38.7. The number of aliphatic hydroxyl groups is 1. The lowest BCUT2D eigenvalue weighted by molar-refractivity contribution is -0.148. The number of amides is 10. The SMILES string of the molecule is CCCC[C@@H]1NC(=O)[C@@H](Cc2ccc(C(N)=O)cc2)NC(=O)[C@H](C)NC(=O)[C@H](NC(=O)[C@@H](N)Cc2ccc(Cl)cc2)CNC(=O)C[C@@H](C(=O)N[C@H](Cc2ccc(O)cc2)C(N)=O)NC(=O)C(C(C)O)N(N)C1=O. The maximum absolute atomic E-state index is 14.3. The number of halogens is 1. The molecule has 0 aromatic heterocycles. The second kappa shape index (κ2) is 27.2. The molecule has 17 N–H and O–H groups in total. The van der Waals surface area contributed by atoms with Gasteiger partial charge in [0.2, 0.25) is 53.2 Å². The zero-order chi connectivity index (χ0) is 54.1. The number of primary amides is 2. The Kier molecular flexibility index (Phi) is 21.6. The number of carbonyl (C=O) groups excluding carboxylic acids is 10. The lowest BCUT2D eigenvalue weighted by atomic mass is 10.0. The van der Waals surface area contributed by atoms with Crippen LogP contribution >= 0.6 is 11.6 Å². The van der Waals surface area contributed by atoms with E-state index in [4.69, 9.17) is 34.6 Å². The molecule has 0 bridgehead atoms. The molecule has 4 rings (SSSR count). The number of benzene rings is 3. The van der Waals surface area contributed by atoms with E-state index in [2.05, 4.69) is 37.2 Å². The third-order valence-corrected chi connectivity index (χ3v) is 12.0. The molecule has 10 amide bonds. The van der Waals surface area contributed by atoms with E-state index in [1.807, 2.05) is 0 Å². The lowest BCUT2D eigenvalue weighted by Gasteiger charge is -2.33. The number of hydrogen-bond donors (Lipinski definition) is 13. The number of nitrogens with one attached hydrogen (secondary N) is 7. The number of unbranched alkanes of at least 4 members (excludes halogenated alkanes) is 1. The number of aliphatic hydroxyl groups excluding tert-OH is 1. The van der Waals surface area contributed by atoms with Crippen LogP contribution in [0.2, 0.25) is 5.02 Å². The number of phenols is 1. The summed E-state index contributed by atoms with van der Waals surface area (Å²) in [6, 6.07) is 5.00. The van der Waals surface area contributed by atoms with Crippen LogP contribution in [-0.4, -0.2) is 135 Å². The highest BCUT2D eigenvalue weighted by atomic mass is 35.5. The van der Waals surface area contributed by atoms with Crippen LogP contribution in [0.3, 0.4) is 0 Å². The molecule has 1 aliphatic rings. The Hall–Kier alpha value is -7.67. The summed E-state index contributed by atoms with van der Waals surface area (Å²) >= 11 is 6.00. The topological polar surface area (TPSA) is 403 Å². The third kappa shape index (κ3) is 17.6. The lowest BCUT2D eigenvalue weighted by Crippen LogP contribution is -2.65. The van der Waals surface area contributed by atoms with Crippen molar-refractivity contribution >= 4 is 70.7 Å². The Labute approximate surface area is 425 Å². The molecule has 0 radical (unpaired) electrons. The van der Waals surface area contributed by atoms with E-state index in [1.165, 1.54) is 55.5 Å². The molecule has 0 saturated carbocycles. The van der Waals surface area contributed by atoms with Gasteiger partial charge in [-0.15, -0.1) is 0 Å². The van der Waals surface area contributed by atoms with Gasteiger partial charge in [-0.05, 0) is 79.8 Å². The standard InChI is InChI=1S/C48H63ClN12O12/c1-4-5-6-33-48(73)61(53)39(25(3)62)47(72)59-36(45(70)57-34(41(52)66)20-28-11-17-31(63)18-12-28)22-38(64)54-23-37(60-43(68)32(50)19-26-9-15-30(49)16-10-26)46(71)55-24(2)42(67)58-35(44(69)56-33)21-27-7-13-29(14-8-27)40(51)65/h7-18,24-25,32-37,39,62-63H,4-6,19-23,50,53H2,1-3H3,(H2,51,65)(H2,52,66)(H,54,64)(H,55,71)(H,56,69)(H,57,70)(H,58,67)(H,59,72)(H,60,68)/t24-,25?,32-,33-,34+,35+,36-,37+,39?/m0/s1. The van der Waals surface area contributed by atoms with Crippen molar-refractivity contribution in [1.82, 2.24) is 42.2 Å². The predicted octanol–water partition coefficient (Wildman–Crippen LogP) is -2.92. The second-order valence-electron chi connectivity index (χ2n) is 17.6. The highest BCUT2D eigenvalue weighted by molar-refractivity contribution is 6.30. The van der Waals surface area contributed by atoms with Gasteiger partial charge in [-0.1, -0.05) is 67.8 Å². The van der Waals surface area contributed by atoms with Crippen molar-refractivity contribution in [2.24, 2.45) is 23.0 Å². The van der Waals surface area contributed by atoms with Crippen molar-refractivity contribution in [3.8, 4) is 5.75 Å². The van der Waals surface area contributed by atoms with Crippen LogP contribution in [0.4, 0.5) is 0 Å². The first-order chi connectivity index (χ1) is 34.5. The van der Waals surface area contributed by atoms with E-state index >= 15 is 0 Å². The summed E-state index contributed by atoms with van der Waals surface area (Å²) in [7, 11) is 0. The van der Waals surface area contributed by atoms with Gasteiger partial charge in [-0.3, -0.25) is 53.0 Å². The zero-order valence-electron chi connectivity index (χ0n) is 40.4. The molecule has 394 valence electrons. The van der Waals surface area contributed by atoms with Crippen molar-refractivity contribution in [3.05, 3.63) is 100 Å². The van der Waals surface area contributed by atoms with E-state index < -0.39 is 126 Å². The summed E-state index contributed by atoms with van der Waals surface area (Å²) in [4.78, 5) is 137. The predicted molar refractivity (Wildman–Crippen MR) is 264 cm³/mol. The average molecular weight is 1040 g/mol. The molecular weight excluding hydrogens is 972 g/mol. The summed E-state index contributed by atoms with van der Waals surface area (Å²) in [6.07, 6.45) is -2.44. The Morgan fingerprint density at radius 1 is 0.795 bits per heavy atom. The second-order valence-corrected chi connectivity index (χ2v) is 18.0. The number of carbonyl (C=O) groups is 10. The van der Waals surface area contributed by atoms with Gasteiger partial charge >= 0.3 is 0 Å². The van der Waals surface area contributed by atoms with E-state index in [0.29, 0.717) is 39.6 Å². The van der Waals surface area contributed by atoms with Gasteiger partial charge in [0.05, 0.1) is 18.6 Å². The fraction of sp³-hybridized carbons (Fsp3) is 0.417. The average Bonchev–Trinajstić information content (AvgIpc) is 3.33. The molecule has 1 saturated heterocycles. The minimum absolute atomic E-state index is 0.0225. The molecule has 3 aromatic carbocycles. The number of hydrazine groups is 1. The van der Waals surface area contributed by atoms with Crippen molar-refractivity contribution < 1.29 is 58.2 Å². The van der Waals surface area contributed by atoms with Crippen molar-refractivity contribution in [2.75, 3.05) is 6.54 Å². The van der Waals surface area contributed by atoms with E-state index in [0.717, 1.165) is 6.92 Å². The van der Waals surface area contributed by atoms with Gasteiger partial charge in [0.1, 0.15) is 42.0 Å². The van der Waals surface area contributed by atoms with Crippen LogP contribution in [-0.2, 0) is 62.4 Å². The number of nitrogens with zero attached hydrogens (tertiary/aromatic N) is 1. The van der Waals surface area contributed by atoms with Gasteiger partial charge in [0.15, 0.2) is 6.04 Å². The van der Waals surface area contributed by atoms with Gasteiger partial charge in [-0.25, -0.2) is 5.84 Å². The fourth-order valence-electron chi connectivity index (χ4n) is 7.52. The Bertz CT molecular complexity index is 2480. The van der Waals surface area contributed by atoms with Gasteiger partial charge in [-0.2, -0.15) is 0 Å². The van der Waals surface area contributed by atoms with E-state index in [9.17, 15) is 58.2 Å². The van der Waals surface area contributed by atoms with Crippen LogP contribution in [0.1, 0.15) is 73.5 Å². The maximum Gasteiger partial charge on any atom is 0.259 e. The fourth-order valence-corrected chi connectivity index (χ4v) is 7.64. The van der Waals surface area contributed by atoms with Gasteiger partial charge in [0.25, 0.3) is 5.91 Å². The number of phenolic OH excluding ortho intramolecular Hbond substituents is 1. The summed E-state index contributed by atoms with van der Waals surface area (Å²) in [6.45, 7) is 3.45. The molecule has 0 spiro atoms. The molecule has 1 aliphatic heterocycles. The van der Waals surface area contributed by atoms with Crippen LogP contribution in [0.5, 0.6) is 5.75 Å². The Balaban J connectivity index is 1.77. The molecular formula is C48H63ClN12O12. The molecule has 25 heteroatoms. The summed E-state index contributed by atoms with van der Waals surface area (Å²) in [5.74, 6) is -3.85.